The second kappa shape index (κ2) is 20.0. The molecule has 0 bridgehead atoms. The largest absolute Gasteiger partial charge is 0.468 e. The average molecular weight is 957 g/mol. The van der Waals surface area contributed by atoms with Crippen molar-refractivity contribution in [3.63, 3.8) is 0 Å². The van der Waals surface area contributed by atoms with Crippen LogP contribution in [0.3, 0.4) is 0 Å². The van der Waals surface area contributed by atoms with Gasteiger partial charge in [0.05, 0.1) is 30.8 Å². The highest BCUT2D eigenvalue weighted by Gasteiger charge is 2.53. The van der Waals surface area contributed by atoms with Gasteiger partial charge in [0, 0.05) is 49.4 Å². The van der Waals surface area contributed by atoms with Crippen molar-refractivity contribution in [1.82, 2.24) is 15.0 Å². The normalized spacial score (nSPS) is 15.3. The number of rotatable bonds is 16. The van der Waals surface area contributed by atoms with E-state index in [1.54, 1.807) is 24.4 Å². The lowest BCUT2D eigenvalue weighted by Gasteiger charge is -2.43. The molecule has 358 valence electrons. The number of hydrogen-bond donors (Lipinski definition) is 0. The van der Waals surface area contributed by atoms with E-state index >= 15 is 8.78 Å². The van der Waals surface area contributed by atoms with Crippen LogP contribution in [0.25, 0.3) is 32.9 Å². The molecule has 68 heavy (non-hydrogen) atoms. The molecule has 13 heteroatoms. The zero-order valence-electron chi connectivity index (χ0n) is 41.3. The third-order valence-corrected chi connectivity index (χ3v) is 25.6. The Balaban J connectivity index is 1.22. The van der Waals surface area contributed by atoms with Gasteiger partial charge in [-0.15, -0.1) is 5.54 Å². The van der Waals surface area contributed by atoms with Crippen molar-refractivity contribution in [3.05, 3.63) is 108 Å². The molecule has 0 unspecified atom stereocenters. The summed E-state index contributed by atoms with van der Waals surface area (Å²) in [5, 5.41) is 3.74. The minimum absolute atomic E-state index is 0.0194. The summed E-state index contributed by atoms with van der Waals surface area (Å²) in [6.45, 7) is 23.0. The van der Waals surface area contributed by atoms with Crippen LogP contribution in [0.5, 0.6) is 11.8 Å². The van der Waals surface area contributed by atoms with Gasteiger partial charge in [-0.2, -0.15) is 9.97 Å². The summed E-state index contributed by atoms with van der Waals surface area (Å²) in [5.74, 6) is 3.10. The van der Waals surface area contributed by atoms with Crippen LogP contribution in [0.15, 0.2) is 91.1 Å². The average Bonchev–Trinajstić information content (AvgIpc) is 4.11. The molecule has 4 aromatic carbocycles. The van der Waals surface area contributed by atoms with Gasteiger partial charge in [-0.1, -0.05) is 135 Å². The number of benzene rings is 4. The van der Waals surface area contributed by atoms with Crippen molar-refractivity contribution >= 4 is 54.3 Å². The number of anilines is 1. The topological polar surface area (TPSA) is 88.1 Å². The number of morpholine rings is 1. The first-order valence-electron chi connectivity index (χ1n) is 24.0. The summed E-state index contributed by atoms with van der Waals surface area (Å²) in [4.78, 5) is 16.6. The van der Waals surface area contributed by atoms with Crippen LogP contribution in [0, 0.1) is 28.5 Å². The molecule has 0 radical (unpaired) electrons. The second-order valence-electron chi connectivity index (χ2n) is 20.5. The van der Waals surface area contributed by atoms with Crippen molar-refractivity contribution in [2.45, 2.75) is 96.8 Å². The number of ether oxygens (including phenoxy) is 4. The van der Waals surface area contributed by atoms with Gasteiger partial charge >= 0.3 is 6.01 Å². The third kappa shape index (κ3) is 9.42. The molecule has 1 aliphatic heterocycles. The maximum absolute atomic E-state index is 17.8. The summed E-state index contributed by atoms with van der Waals surface area (Å²) in [5.41, 5.74) is 4.94. The molecular formula is C55H66F2N4O5Si2. The highest BCUT2D eigenvalue weighted by Crippen LogP contribution is 2.49. The number of hydrogen-bond acceptors (Lipinski definition) is 9. The van der Waals surface area contributed by atoms with Gasteiger partial charge in [-0.05, 0) is 68.5 Å². The minimum atomic E-state index is -2.82. The maximum atomic E-state index is 17.8. The second-order valence-corrected chi connectivity index (χ2v) is 30.4. The fourth-order valence-corrected chi connectivity index (χ4v) is 20.5. The first kappa shape index (κ1) is 49.2. The lowest BCUT2D eigenvalue weighted by Crippen LogP contribution is -2.67. The van der Waals surface area contributed by atoms with E-state index in [4.69, 9.17) is 38.3 Å². The summed E-state index contributed by atoms with van der Waals surface area (Å²) in [6.07, 6.45) is 3.42. The number of fused-ring (bicyclic) bond motifs is 2. The van der Waals surface area contributed by atoms with Crippen LogP contribution < -0.4 is 24.7 Å². The van der Waals surface area contributed by atoms with Crippen molar-refractivity contribution < 1.29 is 32.2 Å². The van der Waals surface area contributed by atoms with Gasteiger partial charge in [0.25, 0.3) is 8.32 Å². The van der Waals surface area contributed by atoms with Gasteiger partial charge in [-0.3, -0.25) is 4.98 Å². The van der Waals surface area contributed by atoms with Crippen LogP contribution in [-0.2, 0) is 13.9 Å². The van der Waals surface area contributed by atoms with Crippen molar-refractivity contribution in [3.8, 4) is 34.5 Å². The van der Waals surface area contributed by atoms with Crippen LogP contribution in [-0.4, -0.2) is 84.8 Å². The summed E-state index contributed by atoms with van der Waals surface area (Å²) >= 11 is 0. The molecule has 3 heterocycles. The molecule has 1 saturated carbocycles. The quantitative estimate of drug-likeness (QED) is 0.0535. The van der Waals surface area contributed by atoms with E-state index < -0.39 is 28.0 Å². The van der Waals surface area contributed by atoms with Crippen LogP contribution in [0.1, 0.15) is 80.7 Å². The van der Waals surface area contributed by atoms with Crippen LogP contribution >= 0.6 is 0 Å². The van der Waals surface area contributed by atoms with E-state index in [0.29, 0.717) is 82.8 Å². The predicted molar refractivity (Wildman–Crippen MR) is 274 cm³/mol. The predicted octanol–water partition coefficient (Wildman–Crippen LogP) is 11.2. The molecular weight excluding hydrogens is 891 g/mol. The summed E-state index contributed by atoms with van der Waals surface area (Å²) < 4.78 is 65.1. The van der Waals surface area contributed by atoms with E-state index in [9.17, 15) is 0 Å². The maximum Gasteiger partial charge on any atom is 0.319 e. The van der Waals surface area contributed by atoms with Gasteiger partial charge in [0.15, 0.2) is 12.6 Å². The number of nitrogens with zero attached hydrogens (tertiary/aromatic N) is 4. The monoisotopic (exact) mass is 956 g/mol. The third-order valence-electron chi connectivity index (χ3n) is 14.3. The van der Waals surface area contributed by atoms with Gasteiger partial charge in [0.1, 0.15) is 36.7 Å². The number of halogens is 2. The van der Waals surface area contributed by atoms with Gasteiger partial charge < -0.3 is 28.3 Å². The highest BCUT2D eigenvalue weighted by molar-refractivity contribution is 6.99. The zero-order valence-corrected chi connectivity index (χ0v) is 43.3. The Labute approximate surface area is 403 Å². The molecule has 9 nitrogen and oxygen atoms in total. The zero-order chi connectivity index (χ0) is 48.4. The Morgan fingerprint density at radius 2 is 1.44 bits per heavy atom. The highest BCUT2D eigenvalue weighted by atomic mass is 28.4. The summed E-state index contributed by atoms with van der Waals surface area (Å²) in [7, 11) is -3.59. The molecule has 2 fully saturated rings. The van der Waals surface area contributed by atoms with Crippen LogP contribution in [0.4, 0.5) is 14.6 Å². The molecule has 0 amide bonds. The molecule has 0 spiro atoms. The SMILES string of the molecule is COCOc1cc(-c2ncc3c(N4CCOCC4)nc(OCC4(CO[Si](c5ccccc5)(c5ccccc5)C(C)(C)C)CC4)nc3c2F)c2c(C#C[Si](C(C)C)(C(C)C)C(C)C)c(F)ccc2c1. The minimum Gasteiger partial charge on any atom is -0.468 e. The Morgan fingerprint density at radius 1 is 0.809 bits per heavy atom. The molecule has 2 aliphatic rings. The number of aromatic nitrogens is 3. The van der Waals surface area contributed by atoms with E-state index in [0.717, 1.165) is 12.8 Å². The lowest BCUT2D eigenvalue weighted by atomic mass is 9.95. The standard InChI is InChI=1S/C55H66F2N4O5Si2/c1-37(2)67(38(3)4,39(5)6)30-23-44-47(56)22-21-40-31-41(65-36-62-10)32-45(48(40)44)50-49(57)51-46(33-58-50)52(61-26-28-63-29-27-61)60-53(59-51)64-34-55(24-25-55)35-66-68(54(7,8)9,42-17-13-11-14-18-42)43-19-15-12-16-20-43/h11-22,31-33,37-39H,24-29,34-36H2,1-10H3. The van der Waals surface area contributed by atoms with E-state index in [-0.39, 0.29) is 46.6 Å². The van der Waals surface area contributed by atoms with Gasteiger partial charge in [-0.25, -0.2) is 8.78 Å². The number of methoxy groups -OCH3 is 1. The van der Waals surface area contributed by atoms with Gasteiger partial charge in [0.2, 0.25) is 0 Å². The van der Waals surface area contributed by atoms with E-state index in [1.807, 2.05) is 12.1 Å². The van der Waals surface area contributed by atoms with Crippen LogP contribution in [0.2, 0.25) is 21.7 Å². The molecule has 2 aromatic heterocycles. The van der Waals surface area contributed by atoms with Crippen molar-refractivity contribution in [1.29, 1.82) is 0 Å². The molecule has 6 aromatic rings. The fraction of sp³-hybridized carbons (Fsp3) is 0.436. The number of pyridine rings is 1. The van der Waals surface area contributed by atoms with Crippen molar-refractivity contribution in [2.24, 2.45) is 5.41 Å². The Bertz CT molecular complexity index is 2740. The molecule has 8 rings (SSSR count). The Hall–Kier alpha value is -5.24. The smallest absolute Gasteiger partial charge is 0.319 e. The lowest BCUT2D eigenvalue weighted by molar-refractivity contribution is 0.0512. The first-order valence-corrected chi connectivity index (χ1v) is 28.2. The Morgan fingerprint density at radius 3 is 2.01 bits per heavy atom. The molecule has 1 saturated heterocycles. The fourth-order valence-electron chi connectivity index (χ4n) is 10.6. The molecule has 0 N–H and O–H groups in total. The molecule has 1 aliphatic carbocycles. The summed E-state index contributed by atoms with van der Waals surface area (Å²) in [6, 6.07) is 27.9. The van der Waals surface area contributed by atoms with E-state index in [1.165, 1.54) is 23.5 Å². The first-order chi connectivity index (χ1) is 32.5. The Kier molecular flexibility index (Phi) is 14.5. The van der Waals surface area contributed by atoms with Crippen molar-refractivity contribution in [2.75, 3.05) is 58.3 Å². The molecule has 0 atom stereocenters. The van der Waals surface area contributed by atoms with E-state index in [2.05, 4.69) is 127 Å².